The number of ether oxygens (including phenoxy) is 3. The Morgan fingerprint density at radius 1 is 0.805 bits per heavy atom. The van der Waals surface area contributed by atoms with E-state index < -0.39 is 6.03 Å². The molecule has 0 aliphatic carbocycles. The lowest BCUT2D eigenvalue weighted by Crippen LogP contribution is -2.19. The minimum absolute atomic E-state index is 0.221. The number of amides is 3. The Morgan fingerprint density at radius 3 is 2.12 bits per heavy atom. The van der Waals surface area contributed by atoms with Crippen molar-refractivity contribution in [1.82, 2.24) is 9.88 Å². The summed E-state index contributed by atoms with van der Waals surface area (Å²) < 4.78 is 17.1. The number of nitrogens with one attached hydrogen (secondary N) is 3. The van der Waals surface area contributed by atoms with Gasteiger partial charge in [-0.25, -0.2) is 4.79 Å². The number of nitrogens with zero attached hydrogens (tertiary/aromatic N) is 2. The van der Waals surface area contributed by atoms with Gasteiger partial charge in [0, 0.05) is 53.4 Å². The number of carbonyl (C=O) groups is 2. The summed E-state index contributed by atoms with van der Waals surface area (Å²) in [6.07, 6.45) is 4.93. The number of anilines is 3. The average Bonchev–Trinajstić information content (AvgIpc) is 2.95. The molecule has 0 saturated carbocycles. The van der Waals surface area contributed by atoms with Gasteiger partial charge in [-0.1, -0.05) is 12.1 Å². The van der Waals surface area contributed by atoms with Crippen molar-refractivity contribution in [1.29, 1.82) is 0 Å². The van der Waals surface area contributed by atoms with Crippen molar-refractivity contribution in [3.8, 4) is 23.0 Å². The van der Waals surface area contributed by atoms with Gasteiger partial charge in [0.25, 0.3) is 0 Å². The third kappa shape index (κ3) is 7.74. The number of hydrogen-bond acceptors (Lipinski definition) is 7. The van der Waals surface area contributed by atoms with E-state index in [1.807, 2.05) is 38.1 Å². The summed E-state index contributed by atoms with van der Waals surface area (Å²) in [6.45, 7) is 2.59. The molecule has 0 radical (unpaired) electrons. The van der Waals surface area contributed by atoms with E-state index in [1.165, 1.54) is 6.08 Å². The molecule has 4 aromatic rings. The number of urea groups is 1. The van der Waals surface area contributed by atoms with E-state index in [-0.39, 0.29) is 5.91 Å². The van der Waals surface area contributed by atoms with Crippen LogP contribution in [-0.4, -0.2) is 56.7 Å². The summed E-state index contributed by atoms with van der Waals surface area (Å²) in [4.78, 5) is 31.1. The Bertz CT molecular complexity index is 1570. The van der Waals surface area contributed by atoms with Crippen LogP contribution in [0.15, 0.2) is 79.0 Å². The normalized spacial score (nSPS) is 11.0. The second-order valence-electron chi connectivity index (χ2n) is 9.43. The third-order valence-electron chi connectivity index (χ3n) is 6.02. The quantitative estimate of drug-likeness (QED) is 0.204. The van der Waals surface area contributed by atoms with E-state index in [4.69, 9.17) is 14.2 Å². The second kappa shape index (κ2) is 13.3. The SMILES string of the molecule is COc1cc2nccc(Oc3cc(NC(=O)Nc4ccc(NC(=O)/C=C/CN(C)C)cc4)ccc3C)c2cc1OC. The molecule has 10 nitrogen and oxygen atoms in total. The molecule has 0 aliphatic heterocycles. The number of benzene rings is 3. The molecule has 0 spiro atoms. The van der Waals surface area contributed by atoms with Gasteiger partial charge in [-0.3, -0.25) is 9.78 Å². The topological polar surface area (TPSA) is 114 Å². The first kappa shape index (κ1) is 28.9. The molecule has 3 N–H and O–H groups in total. The maximum absolute atomic E-state index is 12.7. The van der Waals surface area contributed by atoms with Crippen LogP contribution in [0.4, 0.5) is 21.9 Å². The first-order chi connectivity index (χ1) is 19.7. The monoisotopic (exact) mass is 555 g/mol. The van der Waals surface area contributed by atoms with Crippen molar-refractivity contribution in [2.75, 3.05) is 50.8 Å². The highest BCUT2D eigenvalue weighted by molar-refractivity contribution is 6.01. The largest absolute Gasteiger partial charge is 0.493 e. The van der Waals surface area contributed by atoms with Crippen LogP contribution in [0.1, 0.15) is 5.56 Å². The van der Waals surface area contributed by atoms with Crippen molar-refractivity contribution in [2.24, 2.45) is 0 Å². The van der Waals surface area contributed by atoms with Crippen LogP contribution in [0.3, 0.4) is 0 Å². The summed E-state index contributed by atoms with van der Waals surface area (Å²) in [6, 6.07) is 17.2. The fraction of sp³-hybridized carbons (Fsp3) is 0.194. The Balaban J connectivity index is 1.41. The van der Waals surface area contributed by atoms with Gasteiger partial charge in [-0.05, 0) is 69.0 Å². The van der Waals surface area contributed by atoms with Gasteiger partial charge in [0.1, 0.15) is 11.5 Å². The molecule has 0 fully saturated rings. The molecule has 0 bridgehead atoms. The maximum Gasteiger partial charge on any atom is 0.323 e. The van der Waals surface area contributed by atoms with Gasteiger partial charge in [0.15, 0.2) is 11.5 Å². The van der Waals surface area contributed by atoms with Crippen LogP contribution in [0.2, 0.25) is 0 Å². The van der Waals surface area contributed by atoms with E-state index in [2.05, 4.69) is 20.9 Å². The molecule has 1 aromatic heterocycles. The molecule has 4 rings (SSSR count). The summed E-state index contributed by atoms with van der Waals surface area (Å²) >= 11 is 0. The number of carbonyl (C=O) groups excluding carboxylic acids is 2. The van der Waals surface area contributed by atoms with Crippen molar-refractivity contribution < 1.29 is 23.8 Å². The van der Waals surface area contributed by atoms with Gasteiger partial charge in [0.2, 0.25) is 5.91 Å². The Hall–Kier alpha value is -5.09. The molecule has 0 atom stereocenters. The van der Waals surface area contributed by atoms with Crippen LogP contribution in [0.25, 0.3) is 10.9 Å². The lowest BCUT2D eigenvalue weighted by Gasteiger charge is -2.15. The molecule has 3 amide bonds. The second-order valence-corrected chi connectivity index (χ2v) is 9.43. The average molecular weight is 556 g/mol. The zero-order valence-corrected chi connectivity index (χ0v) is 23.6. The molecule has 0 saturated heterocycles. The predicted octanol–water partition coefficient (Wildman–Crippen LogP) is 6.05. The van der Waals surface area contributed by atoms with Gasteiger partial charge in [-0.15, -0.1) is 0 Å². The Morgan fingerprint density at radius 2 is 1.44 bits per heavy atom. The maximum atomic E-state index is 12.7. The third-order valence-corrected chi connectivity index (χ3v) is 6.02. The number of rotatable bonds is 10. The van der Waals surface area contributed by atoms with Gasteiger partial charge in [-0.2, -0.15) is 0 Å². The lowest BCUT2D eigenvalue weighted by atomic mass is 10.1. The number of hydrogen-bond donors (Lipinski definition) is 3. The summed E-state index contributed by atoms with van der Waals surface area (Å²) in [5, 5.41) is 9.17. The van der Waals surface area contributed by atoms with E-state index in [0.717, 1.165) is 10.9 Å². The fourth-order valence-electron chi connectivity index (χ4n) is 3.93. The van der Waals surface area contributed by atoms with Crippen molar-refractivity contribution in [3.05, 3.63) is 84.6 Å². The van der Waals surface area contributed by atoms with E-state index in [0.29, 0.717) is 52.1 Å². The molecule has 10 heteroatoms. The Kier molecular flexibility index (Phi) is 9.39. The van der Waals surface area contributed by atoms with Crippen LogP contribution >= 0.6 is 0 Å². The molecule has 3 aromatic carbocycles. The summed E-state index contributed by atoms with van der Waals surface area (Å²) in [7, 11) is 7.00. The molecular weight excluding hydrogens is 522 g/mol. The molecule has 0 unspecified atom stereocenters. The van der Waals surface area contributed by atoms with Crippen molar-refractivity contribution in [3.63, 3.8) is 0 Å². The van der Waals surface area contributed by atoms with E-state index in [1.54, 1.807) is 75.0 Å². The number of likely N-dealkylation sites (N-methyl/N-ethyl adjacent to an activating group) is 1. The number of aromatic nitrogens is 1. The first-order valence-corrected chi connectivity index (χ1v) is 12.9. The fourth-order valence-corrected chi connectivity index (χ4v) is 3.93. The molecular formula is C31H33N5O5. The molecule has 212 valence electrons. The van der Waals surface area contributed by atoms with Crippen LogP contribution in [-0.2, 0) is 4.79 Å². The smallest absolute Gasteiger partial charge is 0.323 e. The van der Waals surface area contributed by atoms with Gasteiger partial charge in [0.05, 0.1) is 19.7 Å². The number of pyridine rings is 1. The molecule has 0 aliphatic rings. The summed E-state index contributed by atoms with van der Waals surface area (Å²) in [5.74, 6) is 2.08. The predicted molar refractivity (Wildman–Crippen MR) is 162 cm³/mol. The first-order valence-electron chi connectivity index (χ1n) is 12.9. The van der Waals surface area contributed by atoms with Crippen LogP contribution < -0.4 is 30.2 Å². The standard InChI is InChI=1S/C31H33N5O5/c1-20-8-9-23(17-27(20)41-26-14-15-32-25-19-29(40-5)28(39-4)18-24(25)26)35-31(38)34-22-12-10-21(11-13-22)33-30(37)7-6-16-36(2)3/h6-15,17-19H,16H2,1-5H3,(H,33,37)(H2,34,35,38)/b7-6+. The van der Waals surface area contributed by atoms with Crippen molar-refractivity contribution >= 4 is 39.9 Å². The highest BCUT2D eigenvalue weighted by atomic mass is 16.5. The van der Waals surface area contributed by atoms with Gasteiger partial charge >= 0.3 is 6.03 Å². The zero-order valence-electron chi connectivity index (χ0n) is 23.6. The zero-order chi connectivity index (χ0) is 29.4. The minimum atomic E-state index is -0.422. The summed E-state index contributed by atoms with van der Waals surface area (Å²) in [5.41, 5.74) is 3.32. The van der Waals surface area contributed by atoms with Gasteiger partial charge < -0.3 is 35.1 Å². The van der Waals surface area contributed by atoms with Crippen molar-refractivity contribution in [2.45, 2.75) is 6.92 Å². The molecule has 1 heterocycles. The van der Waals surface area contributed by atoms with E-state index >= 15 is 0 Å². The lowest BCUT2D eigenvalue weighted by molar-refractivity contribution is -0.111. The highest BCUT2D eigenvalue weighted by Gasteiger charge is 2.13. The van der Waals surface area contributed by atoms with Crippen LogP contribution in [0.5, 0.6) is 23.0 Å². The Labute approximate surface area is 238 Å². The van der Waals surface area contributed by atoms with E-state index in [9.17, 15) is 9.59 Å². The number of fused-ring (bicyclic) bond motifs is 1. The number of methoxy groups -OCH3 is 2. The highest BCUT2D eigenvalue weighted by Crippen LogP contribution is 2.38. The minimum Gasteiger partial charge on any atom is -0.493 e. The van der Waals surface area contributed by atoms with Crippen LogP contribution in [0, 0.1) is 6.92 Å². The number of aryl methyl sites for hydroxylation is 1. The molecule has 41 heavy (non-hydrogen) atoms.